The lowest BCUT2D eigenvalue weighted by atomic mass is 10.2. The van der Waals surface area contributed by atoms with E-state index in [4.69, 9.17) is 0 Å². The minimum absolute atomic E-state index is 0.0163. The first-order valence-electron chi connectivity index (χ1n) is 6.30. The van der Waals surface area contributed by atoms with Crippen LogP contribution in [0.3, 0.4) is 0 Å². The number of carbonyl (C=O) groups excluding carboxylic acids is 1. The van der Waals surface area contributed by atoms with Crippen LogP contribution in [0.15, 0.2) is 30.3 Å². The van der Waals surface area contributed by atoms with Crippen LogP contribution in [0.25, 0.3) is 0 Å². The van der Waals surface area contributed by atoms with Gasteiger partial charge in [0, 0.05) is 12.1 Å². The molecule has 0 saturated heterocycles. The maximum atomic E-state index is 13.7. The second kappa shape index (κ2) is 7.11. The smallest absolute Gasteiger partial charge is 0.395 e. The molecule has 2 rings (SSSR count). The summed E-state index contributed by atoms with van der Waals surface area (Å²) in [4.78, 5) is 21.1. The maximum Gasteiger partial charge on any atom is 0.516 e. The molecule has 0 saturated carbocycles. The van der Waals surface area contributed by atoms with Crippen LogP contribution in [-0.2, 0) is 4.74 Å². The van der Waals surface area contributed by atoms with Crippen molar-refractivity contribution in [1.82, 2.24) is 0 Å². The monoisotopic (exact) mass is 363 g/mol. The van der Waals surface area contributed by atoms with Crippen LogP contribution < -0.4 is 4.74 Å². The number of halogens is 5. The predicted molar refractivity (Wildman–Crippen MR) is 70.3 cm³/mol. The summed E-state index contributed by atoms with van der Waals surface area (Å²) in [5, 5.41) is 10.4. The molecule has 0 aromatic heterocycles. The average molecular weight is 363 g/mol. The molecule has 2 aromatic carbocycles. The first-order valence-corrected chi connectivity index (χ1v) is 6.30. The van der Waals surface area contributed by atoms with Crippen molar-refractivity contribution in [3.63, 3.8) is 0 Å². The fourth-order valence-electron chi connectivity index (χ4n) is 1.66. The molecule has 0 heterocycles. The number of nitrogens with zero attached hydrogens (tertiary/aromatic N) is 1. The molecule has 11 heteroatoms. The third-order valence-corrected chi connectivity index (χ3v) is 2.82. The number of alkyl halides is 1. The maximum absolute atomic E-state index is 13.7. The van der Waals surface area contributed by atoms with Crippen molar-refractivity contribution in [3.8, 4) is 5.75 Å². The van der Waals surface area contributed by atoms with E-state index in [0.717, 1.165) is 24.3 Å². The molecular weight excluding hydrogens is 357 g/mol. The number of hydrogen-bond donors (Lipinski definition) is 0. The highest BCUT2D eigenvalue weighted by molar-refractivity contribution is 5.64. The van der Waals surface area contributed by atoms with E-state index in [1.54, 1.807) is 0 Å². The molecule has 0 radical (unpaired) electrons. The van der Waals surface area contributed by atoms with Gasteiger partial charge in [0.1, 0.15) is 5.75 Å². The Morgan fingerprint density at radius 1 is 1.04 bits per heavy atom. The van der Waals surface area contributed by atoms with Crippen molar-refractivity contribution >= 4 is 11.8 Å². The van der Waals surface area contributed by atoms with Gasteiger partial charge in [-0.2, -0.15) is 4.39 Å². The average Bonchev–Trinajstić information content (AvgIpc) is 2.56. The fraction of sp³-hybridized carbons (Fsp3) is 0.0714. The van der Waals surface area contributed by atoms with Crippen molar-refractivity contribution in [1.29, 1.82) is 0 Å². The molecule has 132 valence electrons. The Morgan fingerprint density at radius 3 is 2.20 bits per heavy atom. The number of carbonyl (C=O) groups is 1. The summed E-state index contributed by atoms with van der Waals surface area (Å²) in [5.74, 6) is -8.66. The zero-order valence-electron chi connectivity index (χ0n) is 11.8. The van der Waals surface area contributed by atoms with Crippen LogP contribution in [0.2, 0.25) is 0 Å². The van der Waals surface area contributed by atoms with Crippen molar-refractivity contribution in [2.45, 2.75) is 6.36 Å². The summed E-state index contributed by atoms with van der Waals surface area (Å²) in [7, 11) is 0. The van der Waals surface area contributed by atoms with E-state index in [9.17, 15) is 36.9 Å². The van der Waals surface area contributed by atoms with Gasteiger partial charge in [-0.05, 0) is 18.2 Å². The van der Waals surface area contributed by atoms with Crippen LogP contribution in [0.5, 0.6) is 5.75 Å². The number of nitro groups is 1. The Hall–Kier alpha value is -3.24. The zero-order chi connectivity index (χ0) is 18.7. The van der Waals surface area contributed by atoms with E-state index in [1.165, 1.54) is 0 Å². The second-order valence-electron chi connectivity index (χ2n) is 4.43. The van der Waals surface area contributed by atoms with Gasteiger partial charge >= 0.3 is 6.16 Å². The second-order valence-corrected chi connectivity index (χ2v) is 4.43. The Bertz CT molecular complexity index is 827. The Balaban J connectivity index is 2.09. The highest BCUT2D eigenvalue weighted by Crippen LogP contribution is 2.28. The Morgan fingerprint density at radius 2 is 1.64 bits per heavy atom. The normalized spacial score (nSPS) is 11.7. The molecule has 0 bridgehead atoms. The van der Waals surface area contributed by atoms with E-state index >= 15 is 0 Å². The minimum Gasteiger partial charge on any atom is -0.395 e. The topological polar surface area (TPSA) is 78.7 Å². The molecule has 25 heavy (non-hydrogen) atoms. The lowest BCUT2D eigenvalue weighted by Crippen LogP contribution is -2.15. The molecule has 0 aliphatic heterocycles. The summed E-state index contributed by atoms with van der Waals surface area (Å²) >= 11 is 0. The predicted octanol–water partition coefficient (Wildman–Crippen LogP) is 4.33. The van der Waals surface area contributed by atoms with Crippen molar-refractivity contribution in [2.24, 2.45) is 0 Å². The van der Waals surface area contributed by atoms with E-state index < -0.39 is 46.3 Å². The van der Waals surface area contributed by atoms with Gasteiger partial charge < -0.3 is 9.47 Å². The summed E-state index contributed by atoms with van der Waals surface area (Å²) in [5.41, 5.74) is -1.71. The van der Waals surface area contributed by atoms with E-state index in [-0.39, 0.29) is 17.5 Å². The zero-order valence-corrected chi connectivity index (χ0v) is 11.8. The molecule has 0 spiro atoms. The number of nitro benzene ring substituents is 1. The lowest BCUT2D eigenvalue weighted by Gasteiger charge is -2.12. The molecule has 1 unspecified atom stereocenters. The van der Waals surface area contributed by atoms with E-state index in [0.29, 0.717) is 0 Å². The third-order valence-electron chi connectivity index (χ3n) is 2.82. The van der Waals surface area contributed by atoms with Crippen LogP contribution in [0.1, 0.15) is 11.9 Å². The van der Waals surface area contributed by atoms with Gasteiger partial charge in [-0.25, -0.2) is 22.4 Å². The SMILES string of the molecule is O=C(Oc1ccc([N+](=O)[O-])cc1)OC(F)c1cc(F)c(F)c(F)c1F. The standard InChI is InChI=1S/C14H6F5NO5/c15-9-5-8(10(16)12(18)11(9)17)13(19)25-14(21)24-7-3-1-6(2-4-7)20(22)23/h1-5,13H. The Labute approximate surface area is 135 Å². The number of hydrogen-bond acceptors (Lipinski definition) is 5. The molecule has 0 fully saturated rings. The molecule has 1 atom stereocenters. The largest absolute Gasteiger partial charge is 0.516 e. The first-order chi connectivity index (χ1) is 11.7. The van der Waals surface area contributed by atoms with Crippen LogP contribution in [0.4, 0.5) is 32.4 Å². The fourth-order valence-corrected chi connectivity index (χ4v) is 1.66. The van der Waals surface area contributed by atoms with Gasteiger partial charge in [0.05, 0.1) is 10.5 Å². The molecule has 0 aliphatic carbocycles. The third kappa shape index (κ3) is 4.00. The highest BCUT2D eigenvalue weighted by Gasteiger charge is 2.27. The molecule has 6 nitrogen and oxygen atoms in total. The molecule has 0 amide bonds. The van der Waals surface area contributed by atoms with Crippen LogP contribution in [-0.4, -0.2) is 11.1 Å². The van der Waals surface area contributed by atoms with E-state index in [2.05, 4.69) is 9.47 Å². The highest BCUT2D eigenvalue weighted by atomic mass is 19.2. The summed E-state index contributed by atoms with van der Waals surface area (Å²) in [6.45, 7) is 0. The summed E-state index contributed by atoms with van der Waals surface area (Å²) in [6, 6.07) is 3.91. The van der Waals surface area contributed by atoms with Gasteiger partial charge in [0.15, 0.2) is 23.3 Å². The molecule has 0 aliphatic rings. The van der Waals surface area contributed by atoms with Crippen LogP contribution in [0, 0.1) is 33.4 Å². The number of non-ortho nitro benzene ring substituents is 1. The van der Waals surface area contributed by atoms with Gasteiger partial charge in [-0.15, -0.1) is 0 Å². The quantitative estimate of drug-likeness (QED) is 0.154. The lowest BCUT2D eigenvalue weighted by molar-refractivity contribution is -0.384. The van der Waals surface area contributed by atoms with Gasteiger partial charge in [0.2, 0.25) is 0 Å². The number of ether oxygens (including phenoxy) is 2. The number of benzene rings is 2. The van der Waals surface area contributed by atoms with Crippen LogP contribution >= 0.6 is 0 Å². The Kier molecular flexibility index (Phi) is 5.15. The molecular formula is C14H6F5NO5. The summed E-state index contributed by atoms with van der Waals surface area (Å²) < 4.78 is 74.3. The van der Waals surface area contributed by atoms with Crippen molar-refractivity contribution < 1.29 is 41.1 Å². The van der Waals surface area contributed by atoms with E-state index in [1.807, 2.05) is 0 Å². The number of rotatable bonds is 4. The van der Waals surface area contributed by atoms with Gasteiger partial charge in [-0.1, -0.05) is 0 Å². The van der Waals surface area contributed by atoms with Crippen molar-refractivity contribution in [3.05, 3.63) is 69.3 Å². The van der Waals surface area contributed by atoms with Gasteiger partial charge in [0.25, 0.3) is 12.0 Å². The molecule has 0 N–H and O–H groups in total. The first kappa shape index (κ1) is 18.1. The summed E-state index contributed by atoms with van der Waals surface area (Å²) in [6.07, 6.45) is -4.72. The van der Waals surface area contributed by atoms with Crippen molar-refractivity contribution in [2.75, 3.05) is 0 Å². The minimum atomic E-state index is -2.99. The molecule has 2 aromatic rings. The van der Waals surface area contributed by atoms with Gasteiger partial charge in [-0.3, -0.25) is 10.1 Å².